The SMILES string of the molecule is C=CCNC1=C(CC(C)CC[C@H](O)[C@@H](C)C=C(C)C)C(=O)C(NC(=O)/C(C)=C/C=C\C)=CC1=O.CC.CO.CO.NC(=O)O. The van der Waals surface area contributed by atoms with Crippen molar-refractivity contribution < 1.29 is 39.6 Å². The molecule has 2 amide bonds. The van der Waals surface area contributed by atoms with E-state index in [-0.39, 0.29) is 34.8 Å². The Morgan fingerprint density at radius 3 is 2.02 bits per heavy atom. The first-order valence-electron chi connectivity index (χ1n) is 14.4. The largest absolute Gasteiger partial charge is 0.465 e. The molecule has 0 aromatic heterocycles. The highest BCUT2D eigenvalue weighted by Crippen LogP contribution is 2.26. The first-order valence-corrected chi connectivity index (χ1v) is 14.4. The third-order valence-electron chi connectivity index (χ3n) is 5.62. The molecule has 8 N–H and O–H groups in total. The number of amides is 2. The zero-order valence-corrected chi connectivity index (χ0v) is 28.2. The lowest BCUT2D eigenvalue weighted by Crippen LogP contribution is -2.36. The summed E-state index contributed by atoms with van der Waals surface area (Å²) in [5, 5.41) is 37.2. The molecule has 1 rings (SSSR count). The lowest BCUT2D eigenvalue weighted by Gasteiger charge is -2.23. The number of carboxylic acid groups (broad SMARTS) is 1. The molecule has 1 aliphatic rings. The number of ketones is 2. The average Bonchev–Trinajstić information content (AvgIpc) is 2.99. The van der Waals surface area contributed by atoms with Crippen LogP contribution in [-0.4, -0.2) is 70.9 Å². The van der Waals surface area contributed by atoms with Crippen molar-refractivity contribution in [1.82, 2.24) is 10.6 Å². The Morgan fingerprint density at radius 2 is 1.57 bits per heavy atom. The molecule has 0 spiro atoms. The van der Waals surface area contributed by atoms with Gasteiger partial charge in [-0.2, -0.15) is 0 Å². The molecule has 11 heteroatoms. The number of nitrogens with two attached hydrogens (primary N) is 1. The van der Waals surface area contributed by atoms with Crippen LogP contribution in [0.1, 0.15) is 74.7 Å². The number of nitrogens with one attached hydrogen (secondary N) is 2. The van der Waals surface area contributed by atoms with Gasteiger partial charge in [0.05, 0.1) is 17.5 Å². The number of carbonyl (C=O) groups is 4. The molecule has 3 atom stereocenters. The van der Waals surface area contributed by atoms with Crippen LogP contribution in [0.4, 0.5) is 4.79 Å². The van der Waals surface area contributed by atoms with E-state index in [2.05, 4.69) is 22.9 Å². The van der Waals surface area contributed by atoms with Crippen LogP contribution in [0.25, 0.3) is 0 Å². The monoisotopic (exact) mass is 623 g/mol. The molecule has 0 aromatic rings. The predicted molar refractivity (Wildman–Crippen MR) is 177 cm³/mol. The molecule has 11 nitrogen and oxygen atoms in total. The number of aliphatic hydroxyl groups excluding tert-OH is 3. The number of primary amides is 1. The van der Waals surface area contributed by atoms with E-state index in [1.807, 2.05) is 54.5 Å². The van der Waals surface area contributed by atoms with Gasteiger partial charge in [0, 0.05) is 43.9 Å². The number of aliphatic hydroxyl groups is 3. The zero-order valence-electron chi connectivity index (χ0n) is 28.2. The average molecular weight is 624 g/mol. The molecule has 1 unspecified atom stereocenters. The second kappa shape index (κ2) is 29.3. The van der Waals surface area contributed by atoms with Gasteiger partial charge in [0.25, 0.3) is 5.91 Å². The summed E-state index contributed by atoms with van der Waals surface area (Å²) in [6, 6.07) is 0. The van der Waals surface area contributed by atoms with Gasteiger partial charge in [0.15, 0.2) is 0 Å². The Bertz CT molecular complexity index is 1030. The number of allylic oxidation sites excluding steroid dienone is 6. The molecule has 0 radical (unpaired) electrons. The molecule has 0 aromatic carbocycles. The van der Waals surface area contributed by atoms with Gasteiger partial charge in [-0.3, -0.25) is 14.4 Å². The molecule has 0 saturated heterocycles. The molecule has 252 valence electrons. The van der Waals surface area contributed by atoms with Gasteiger partial charge in [-0.25, -0.2) is 4.79 Å². The fourth-order valence-corrected chi connectivity index (χ4v) is 3.69. The quantitative estimate of drug-likeness (QED) is 0.0675. The van der Waals surface area contributed by atoms with Crippen molar-refractivity contribution in [3.63, 3.8) is 0 Å². The van der Waals surface area contributed by atoms with Crippen LogP contribution < -0.4 is 16.4 Å². The maximum Gasteiger partial charge on any atom is 0.402 e. The van der Waals surface area contributed by atoms with Crippen LogP contribution in [0, 0.1) is 11.8 Å². The maximum atomic E-state index is 13.3. The van der Waals surface area contributed by atoms with E-state index in [0.29, 0.717) is 37.0 Å². The van der Waals surface area contributed by atoms with Crippen LogP contribution in [0.5, 0.6) is 0 Å². The van der Waals surface area contributed by atoms with Crippen molar-refractivity contribution >= 4 is 23.6 Å². The van der Waals surface area contributed by atoms with Gasteiger partial charge in [-0.15, -0.1) is 6.58 Å². The summed E-state index contributed by atoms with van der Waals surface area (Å²) in [6.07, 6.45) is 9.83. The summed E-state index contributed by atoms with van der Waals surface area (Å²) in [6.45, 7) is 19.5. The summed E-state index contributed by atoms with van der Waals surface area (Å²) in [5.74, 6) is -1.07. The lowest BCUT2D eigenvalue weighted by atomic mass is 9.86. The number of carbonyl (C=O) groups excluding carboxylic acids is 3. The topological polar surface area (TPSA) is 199 Å². The van der Waals surface area contributed by atoms with E-state index in [0.717, 1.165) is 19.8 Å². The second-order valence-electron chi connectivity index (χ2n) is 9.50. The number of rotatable bonds is 13. The normalized spacial score (nSPS) is 14.3. The standard InChI is InChI=1S/C28H40N2O4.C2H6.CH3NO2.2CH4O/c1-8-10-11-20(6)28(34)30-23-17-25(32)26(29-14-9-2)22(27(23)33)16-19(5)12-13-24(31)21(7)15-18(3)4;1-2;2-1(3)4;2*1-2/h8-11,15,17,19,21,24,29,31H,2,12-14,16H2,1,3-7H3,(H,30,34);1-2H3;2H2,(H,3,4);2*2H,1H3/b10-8-,20-11+;;;;/t19?,21-,24-;;;;/m0..../s1. The molecule has 0 heterocycles. The van der Waals surface area contributed by atoms with Gasteiger partial charge in [0.2, 0.25) is 11.6 Å². The van der Waals surface area contributed by atoms with Crippen LogP contribution in [0.15, 0.2) is 71.1 Å². The minimum absolute atomic E-state index is 0.0215. The van der Waals surface area contributed by atoms with Crippen molar-refractivity contribution in [2.45, 2.75) is 80.8 Å². The Balaban J connectivity index is -0.000000709. The Kier molecular flexibility index (Phi) is 31.4. The number of hydrogen-bond acceptors (Lipinski definition) is 8. The molecule has 1 aliphatic carbocycles. The third-order valence-corrected chi connectivity index (χ3v) is 5.62. The van der Waals surface area contributed by atoms with Crippen molar-refractivity contribution in [3.8, 4) is 0 Å². The first kappa shape index (κ1) is 47.1. The number of hydrogen-bond donors (Lipinski definition) is 7. The summed E-state index contributed by atoms with van der Waals surface area (Å²) in [5.41, 5.74) is 6.18. The highest BCUT2D eigenvalue weighted by Gasteiger charge is 2.30. The van der Waals surface area contributed by atoms with E-state index < -0.39 is 18.1 Å². The van der Waals surface area contributed by atoms with Crippen LogP contribution in [0.3, 0.4) is 0 Å². The molecule has 0 fully saturated rings. The summed E-state index contributed by atoms with van der Waals surface area (Å²) >= 11 is 0. The van der Waals surface area contributed by atoms with Crippen molar-refractivity contribution in [2.24, 2.45) is 17.6 Å². The lowest BCUT2D eigenvalue weighted by molar-refractivity contribution is -0.120. The number of Topliss-reactive ketones (excluding diaryl/α,β-unsaturated/α-hetero) is 1. The predicted octanol–water partition coefficient (Wildman–Crippen LogP) is 4.33. The summed E-state index contributed by atoms with van der Waals surface area (Å²) in [7, 11) is 2.00. The Hall–Kier alpha value is -3.80. The fourth-order valence-electron chi connectivity index (χ4n) is 3.69. The van der Waals surface area contributed by atoms with E-state index >= 15 is 0 Å². The highest BCUT2D eigenvalue weighted by molar-refractivity contribution is 6.23. The fraction of sp³-hybridized carbons (Fsp3) is 0.515. The molecular weight excluding hydrogens is 566 g/mol. The van der Waals surface area contributed by atoms with Gasteiger partial charge in [-0.05, 0) is 52.9 Å². The van der Waals surface area contributed by atoms with Crippen molar-refractivity contribution in [2.75, 3.05) is 20.8 Å². The van der Waals surface area contributed by atoms with E-state index in [1.54, 1.807) is 31.2 Å². The highest BCUT2D eigenvalue weighted by atomic mass is 16.4. The first-order chi connectivity index (χ1) is 20.7. The van der Waals surface area contributed by atoms with Gasteiger partial charge >= 0.3 is 6.09 Å². The van der Waals surface area contributed by atoms with E-state index in [1.165, 1.54) is 6.08 Å². The maximum absolute atomic E-state index is 13.3. The van der Waals surface area contributed by atoms with Gasteiger partial charge in [-0.1, -0.05) is 63.6 Å². The van der Waals surface area contributed by atoms with Crippen LogP contribution >= 0.6 is 0 Å². The van der Waals surface area contributed by atoms with Crippen LogP contribution in [-0.2, 0) is 14.4 Å². The second-order valence-corrected chi connectivity index (χ2v) is 9.50. The molecule has 0 aliphatic heterocycles. The van der Waals surface area contributed by atoms with E-state index in [4.69, 9.17) is 20.1 Å². The Morgan fingerprint density at radius 1 is 1.05 bits per heavy atom. The Labute approximate surface area is 264 Å². The zero-order chi connectivity index (χ0) is 35.4. The van der Waals surface area contributed by atoms with E-state index in [9.17, 15) is 19.5 Å². The minimum Gasteiger partial charge on any atom is -0.465 e. The molecule has 44 heavy (non-hydrogen) atoms. The van der Waals surface area contributed by atoms with Gasteiger partial charge in [0.1, 0.15) is 0 Å². The summed E-state index contributed by atoms with van der Waals surface area (Å²) < 4.78 is 0. The van der Waals surface area contributed by atoms with Crippen molar-refractivity contribution in [1.29, 1.82) is 0 Å². The van der Waals surface area contributed by atoms with Crippen LogP contribution in [0.2, 0.25) is 0 Å². The van der Waals surface area contributed by atoms with Gasteiger partial charge < -0.3 is 36.8 Å². The smallest absolute Gasteiger partial charge is 0.402 e. The van der Waals surface area contributed by atoms with Crippen molar-refractivity contribution in [3.05, 3.63) is 71.1 Å². The summed E-state index contributed by atoms with van der Waals surface area (Å²) in [4.78, 5) is 47.3. The molecule has 0 saturated carbocycles. The third kappa shape index (κ3) is 21.8. The minimum atomic E-state index is -1.33. The molecular formula is C33H57N3O8. The molecule has 0 bridgehead atoms.